The average Bonchev–Trinajstić information content (AvgIpc) is 2.38. The zero-order chi connectivity index (χ0) is 14.7. The summed E-state index contributed by atoms with van der Waals surface area (Å²) in [7, 11) is 0. The van der Waals surface area contributed by atoms with Gasteiger partial charge in [0.2, 0.25) is 11.6 Å². The van der Waals surface area contributed by atoms with E-state index < -0.39 is 10.9 Å². The Morgan fingerprint density at radius 2 is 2.10 bits per heavy atom. The van der Waals surface area contributed by atoms with Gasteiger partial charge in [-0.1, -0.05) is 12.1 Å². The van der Waals surface area contributed by atoms with Gasteiger partial charge in [-0.2, -0.15) is 0 Å². The fourth-order valence-electron chi connectivity index (χ4n) is 1.69. The molecule has 0 unspecified atom stereocenters. The van der Waals surface area contributed by atoms with Crippen LogP contribution in [-0.4, -0.2) is 21.0 Å². The number of aromatic carboxylic acids is 1. The Kier molecular flexibility index (Phi) is 3.60. The van der Waals surface area contributed by atoms with Crippen LogP contribution in [0.4, 0.5) is 5.69 Å². The van der Waals surface area contributed by atoms with Crippen molar-refractivity contribution in [2.75, 3.05) is 0 Å². The number of ether oxygens (including phenoxy) is 1. The van der Waals surface area contributed by atoms with E-state index in [1.807, 2.05) is 0 Å². The van der Waals surface area contributed by atoms with Gasteiger partial charge in [0.1, 0.15) is 5.56 Å². The number of carboxylic acid groups (broad SMARTS) is 1. The van der Waals surface area contributed by atoms with Gasteiger partial charge < -0.3 is 9.84 Å². The fourth-order valence-corrected chi connectivity index (χ4v) is 1.69. The Morgan fingerprint density at radius 1 is 1.35 bits per heavy atom. The lowest BCUT2D eigenvalue weighted by molar-refractivity contribution is -0.386. The number of benzene rings is 1. The first-order valence-electron chi connectivity index (χ1n) is 5.61. The standard InChI is InChI=1S/C13H10N2O5/c1-8-4-2-6-10(11(8)15(18)19)20-12-9(13(16)17)5-3-7-14-12/h2-7H,1H3,(H,16,17). The molecule has 0 aliphatic heterocycles. The highest BCUT2D eigenvalue weighted by Gasteiger charge is 2.21. The minimum Gasteiger partial charge on any atom is -0.477 e. The van der Waals surface area contributed by atoms with Crippen LogP contribution in [0.2, 0.25) is 0 Å². The van der Waals surface area contributed by atoms with Gasteiger partial charge in [-0.3, -0.25) is 10.1 Å². The molecule has 1 N–H and O–H groups in total. The first kappa shape index (κ1) is 13.5. The maximum absolute atomic E-state index is 11.0. The molecule has 0 aliphatic carbocycles. The minimum absolute atomic E-state index is 0.0452. The third-order valence-electron chi connectivity index (χ3n) is 2.59. The molecule has 2 rings (SSSR count). The molecule has 0 radical (unpaired) electrons. The molecule has 0 amide bonds. The number of nitrogens with zero attached hydrogens (tertiary/aromatic N) is 2. The summed E-state index contributed by atoms with van der Waals surface area (Å²) in [6.45, 7) is 1.57. The van der Waals surface area contributed by atoms with Crippen molar-refractivity contribution in [1.82, 2.24) is 4.98 Å². The van der Waals surface area contributed by atoms with Gasteiger partial charge in [0, 0.05) is 11.8 Å². The quantitative estimate of drug-likeness (QED) is 0.679. The smallest absolute Gasteiger partial charge is 0.341 e. The number of hydrogen-bond donors (Lipinski definition) is 1. The summed E-state index contributed by atoms with van der Waals surface area (Å²) in [5.41, 5.74) is 0.0399. The number of para-hydroxylation sites is 1. The van der Waals surface area contributed by atoms with Crippen molar-refractivity contribution in [3.05, 3.63) is 57.8 Å². The van der Waals surface area contributed by atoms with E-state index >= 15 is 0 Å². The molecule has 102 valence electrons. The second-order valence-corrected chi connectivity index (χ2v) is 3.94. The van der Waals surface area contributed by atoms with Crippen molar-refractivity contribution in [1.29, 1.82) is 0 Å². The van der Waals surface area contributed by atoms with Crippen molar-refractivity contribution in [3.8, 4) is 11.6 Å². The highest BCUT2D eigenvalue weighted by Crippen LogP contribution is 2.34. The molecular weight excluding hydrogens is 264 g/mol. The molecule has 0 spiro atoms. The highest BCUT2D eigenvalue weighted by atomic mass is 16.6. The van der Waals surface area contributed by atoms with Crippen LogP contribution < -0.4 is 4.74 Å². The Labute approximate surface area is 113 Å². The van der Waals surface area contributed by atoms with E-state index in [9.17, 15) is 14.9 Å². The van der Waals surface area contributed by atoms with Gasteiger partial charge in [0.25, 0.3) is 0 Å². The fraction of sp³-hybridized carbons (Fsp3) is 0.0769. The summed E-state index contributed by atoms with van der Waals surface area (Å²) in [4.78, 5) is 25.3. The number of aromatic nitrogens is 1. The van der Waals surface area contributed by atoms with Crippen LogP contribution in [0.15, 0.2) is 36.5 Å². The van der Waals surface area contributed by atoms with Crippen LogP contribution in [0.5, 0.6) is 11.6 Å². The molecule has 7 nitrogen and oxygen atoms in total. The largest absolute Gasteiger partial charge is 0.477 e. The zero-order valence-corrected chi connectivity index (χ0v) is 10.4. The number of pyridine rings is 1. The lowest BCUT2D eigenvalue weighted by atomic mass is 10.2. The van der Waals surface area contributed by atoms with Crippen LogP contribution >= 0.6 is 0 Å². The first-order valence-corrected chi connectivity index (χ1v) is 5.61. The Balaban J connectivity index is 2.49. The Bertz CT molecular complexity index is 684. The maximum atomic E-state index is 11.0. The summed E-state index contributed by atoms with van der Waals surface area (Å²) in [5.74, 6) is -1.45. The van der Waals surface area contributed by atoms with Crippen molar-refractivity contribution < 1.29 is 19.6 Å². The van der Waals surface area contributed by atoms with Crippen LogP contribution in [0.1, 0.15) is 15.9 Å². The molecule has 0 aliphatic rings. The number of carboxylic acids is 1. The summed E-state index contributed by atoms with van der Waals surface area (Å²) >= 11 is 0. The highest BCUT2D eigenvalue weighted by molar-refractivity contribution is 5.90. The van der Waals surface area contributed by atoms with Crippen molar-refractivity contribution in [2.24, 2.45) is 0 Å². The Morgan fingerprint density at radius 3 is 2.75 bits per heavy atom. The lowest BCUT2D eigenvalue weighted by Crippen LogP contribution is -2.03. The molecule has 0 saturated carbocycles. The van der Waals surface area contributed by atoms with E-state index in [0.29, 0.717) is 5.56 Å². The first-order chi connectivity index (χ1) is 9.50. The summed E-state index contributed by atoms with van der Waals surface area (Å²) in [5, 5.41) is 20.1. The predicted octanol–water partition coefficient (Wildman–Crippen LogP) is 2.79. The van der Waals surface area contributed by atoms with E-state index in [2.05, 4.69) is 4.98 Å². The molecular formula is C13H10N2O5. The van der Waals surface area contributed by atoms with Gasteiger partial charge in [-0.05, 0) is 25.1 Å². The third-order valence-corrected chi connectivity index (χ3v) is 2.59. The van der Waals surface area contributed by atoms with Crippen molar-refractivity contribution in [3.63, 3.8) is 0 Å². The van der Waals surface area contributed by atoms with E-state index in [-0.39, 0.29) is 22.9 Å². The number of hydrogen-bond acceptors (Lipinski definition) is 5. The number of nitro groups is 1. The van der Waals surface area contributed by atoms with Gasteiger partial charge >= 0.3 is 11.7 Å². The molecule has 20 heavy (non-hydrogen) atoms. The molecule has 0 atom stereocenters. The van der Waals surface area contributed by atoms with Crippen LogP contribution in [0.3, 0.4) is 0 Å². The van der Waals surface area contributed by atoms with E-state index in [1.54, 1.807) is 19.1 Å². The summed E-state index contributed by atoms with van der Waals surface area (Å²) in [6.07, 6.45) is 1.35. The van der Waals surface area contributed by atoms with Crippen LogP contribution in [0, 0.1) is 17.0 Å². The van der Waals surface area contributed by atoms with E-state index in [0.717, 1.165) is 0 Å². The molecule has 1 aromatic carbocycles. The van der Waals surface area contributed by atoms with Gasteiger partial charge in [-0.15, -0.1) is 0 Å². The van der Waals surface area contributed by atoms with Crippen molar-refractivity contribution >= 4 is 11.7 Å². The topological polar surface area (TPSA) is 103 Å². The zero-order valence-electron chi connectivity index (χ0n) is 10.4. The van der Waals surface area contributed by atoms with E-state index in [4.69, 9.17) is 9.84 Å². The third kappa shape index (κ3) is 2.56. The monoisotopic (exact) mass is 274 g/mol. The van der Waals surface area contributed by atoms with E-state index in [1.165, 1.54) is 24.4 Å². The second-order valence-electron chi connectivity index (χ2n) is 3.94. The molecule has 0 fully saturated rings. The number of carbonyl (C=O) groups is 1. The lowest BCUT2D eigenvalue weighted by Gasteiger charge is -2.08. The molecule has 0 bridgehead atoms. The summed E-state index contributed by atoms with van der Waals surface area (Å²) in [6, 6.07) is 7.31. The van der Waals surface area contributed by atoms with Crippen LogP contribution in [0.25, 0.3) is 0 Å². The van der Waals surface area contributed by atoms with Crippen LogP contribution in [-0.2, 0) is 0 Å². The molecule has 7 heteroatoms. The van der Waals surface area contributed by atoms with Gasteiger partial charge in [0.05, 0.1) is 4.92 Å². The molecule has 0 saturated heterocycles. The van der Waals surface area contributed by atoms with Crippen molar-refractivity contribution in [2.45, 2.75) is 6.92 Å². The molecule has 1 heterocycles. The molecule has 2 aromatic rings. The Hall–Kier alpha value is -2.96. The minimum atomic E-state index is -1.22. The average molecular weight is 274 g/mol. The summed E-state index contributed by atoms with van der Waals surface area (Å²) < 4.78 is 5.31. The molecule has 1 aromatic heterocycles. The number of rotatable bonds is 4. The van der Waals surface area contributed by atoms with Gasteiger partial charge in [-0.25, -0.2) is 9.78 Å². The maximum Gasteiger partial charge on any atom is 0.341 e. The number of nitro benzene ring substituents is 1. The second kappa shape index (κ2) is 5.35. The number of aryl methyl sites for hydroxylation is 1. The SMILES string of the molecule is Cc1cccc(Oc2ncccc2C(=O)O)c1[N+](=O)[O-]. The predicted molar refractivity (Wildman–Crippen MR) is 69.1 cm³/mol. The normalized spacial score (nSPS) is 10.1. The van der Waals surface area contributed by atoms with Gasteiger partial charge in [0.15, 0.2) is 0 Å².